The SMILES string of the molecule is NC(=O)O.NC(=O)O.NC(=O)O.NC(N)=O.NC(N)=O.NC(N)=O. The third kappa shape index (κ3) is 254. The first-order chi connectivity index (χ1) is 10.4. The second kappa shape index (κ2) is 31.2. The van der Waals surface area contributed by atoms with E-state index < -0.39 is 36.4 Å². The smallest absolute Gasteiger partial charge is 0.402 e. The fraction of sp³-hybridized carbons (Fsp3) is 0. The maximum absolute atomic E-state index is 9.00. The molecule has 0 unspecified atom stereocenters. The molecule has 144 valence electrons. The van der Waals surface area contributed by atoms with E-state index in [0.29, 0.717) is 0 Å². The van der Waals surface area contributed by atoms with Crippen LogP contribution < -0.4 is 51.6 Å². The lowest BCUT2D eigenvalue weighted by Crippen LogP contribution is -2.18. The van der Waals surface area contributed by atoms with Crippen molar-refractivity contribution in [2.24, 2.45) is 51.6 Å². The van der Waals surface area contributed by atoms with E-state index in [2.05, 4.69) is 51.6 Å². The van der Waals surface area contributed by atoms with Crippen LogP contribution in [0.2, 0.25) is 0 Å². The van der Waals surface area contributed by atoms with Crippen molar-refractivity contribution in [3.05, 3.63) is 0 Å². The molecule has 0 saturated carbocycles. The molecule has 0 aliphatic heterocycles. The van der Waals surface area contributed by atoms with Crippen LogP contribution in [-0.2, 0) is 0 Å². The minimum absolute atomic E-state index is 0.833. The molecule has 0 aromatic carbocycles. The Balaban J connectivity index is -0.0000000405. The highest BCUT2D eigenvalue weighted by Crippen LogP contribution is 1.35. The van der Waals surface area contributed by atoms with E-state index in [0.717, 1.165) is 0 Å². The molecule has 9 amide bonds. The Morgan fingerprint density at radius 2 is 0.375 bits per heavy atom. The van der Waals surface area contributed by atoms with Crippen LogP contribution in [0.15, 0.2) is 0 Å². The average Bonchev–Trinajstić information content (AvgIpc) is 2.08. The van der Waals surface area contributed by atoms with E-state index >= 15 is 0 Å². The van der Waals surface area contributed by atoms with Gasteiger partial charge >= 0.3 is 36.4 Å². The lowest BCUT2D eigenvalue weighted by atomic mass is 11.2. The number of nitrogens with two attached hydrogens (primary N) is 9. The topological polar surface area (TPSA) is 397 Å². The standard InChI is InChI=1S/3CH4N2O.3CH3NO2/c6*2-1(3)4/h3*(H4,2,3,4);3*2H2,(H,3,4). The summed E-state index contributed by atoms with van der Waals surface area (Å²) in [5.74, 6) is 0. The molecule has 0 aromatic rings. The fourth-order valence-corrected chi connectivity index (χ4v) is 0. The van der Waals surface area contributed by atoms with Gasteiger partial charge in [-0.05, 0) is 0 Å². The molecule has 0 aliphatic carbocycles. The summed E-state index contributed by atoms with van der Waals surface area (Å²) in [5, 5.41) is 21.6. The number of carboxylic acid groups (broad SMARTS) is 3. The van der Waals surface area contributed by atoms with Gasteiger partial charge in [0, 0.05) is 0 Å². The summed E-state index contributed by atoms with van der Waals surface area (Å²) in [4.78, 5) is 53.3. The second-order valence-electron chi connectivity index (χ2n) is 2.22. The molecule has 18 nitrogen and oxygen atoms in total. The molecule has 0 aromatic heterocycles. The van der Waals surface area contributed by atoms with Gasteiger partial charge in [-0.25, -0.2) is 28.8 Å². The van der Waals surface area contributed by atoms with Crippen molar-refractivity contribution in [2.75, 3.05) is 0 Å². The number of hydrogen-bond acceptors (Lipinski definition) is 6. The molecule has 18 heteroatoms. The van der Waals surface area contributed by atoms with Gasteiger partial charge < -0.3 is 66.9 Å². The monoisotopic (exact) mass is 363 g/mol. The molecule has 24 heavy (non-hydrogen) atoms. The molecule has 0 radical (unpaired) electrons. The fourth-order valence-electron chi connectivity index (χ4n) is 0. The normalized spacial score (nSPS) is 6.00. The summed E-state index contributed by atoms with van der Waals surface area (Å²) < 4.78 is 0. The molecule has 0 aliphatic rings. The van der Waals surface area contributed by atoms with Gasteiger partial charge in [0.2, 0.25) is 0 Å². The highest BCUT2D eigenvalue weighted by molar-refractivity contribution is 5.69. The van der Waals surface area contributed by atoms with Crippen LogP contribution in [0.25, 0.3) is 0 Å². The minimum Gasteiger partial charge on any atom is -0.465 e. The minimum atomic E-state index is -1.33. The summed E-state index contributed by atoms with van der Waals surface area (Å²) in [6.07, 6.45) is -4.00. The number of hydrogen-bond donors (Lipinski definition) is 12. The molecule has 0 fully saturated rings. The quantitative estimate of drug-likeness (QED) is 0.198. The third-order valence-corrected chi connectivity index (χ3v) is 0. The van der Waals surface area contributed by atoms with Crippen LogP contribution in [0, 0.1) is 0 Å². The molecule has 0 bridgehead atoms. The zero-order chi connectivity index (χ0) is 21.5. The number of amides is 9. The Labute approximate surface area is 133 Å². The van der Waals surface area contributed by atoms with Crippen LogP contribution >= 0.6 is 0 Å². The molecule has 0 spiro atoms. The average molecular weight is 363 g/mol. The van der Waals surface area contributed by atoms with Crippen molar-refractivity contribution >= 4 is 36.4 Å². The van der Waals surface area contributed by atoms with E-state index in [1.807, 2.05) is 0 Å². The summed E-state index contributed by atoms with van der Waals surface area (Å²) in [6, 6.07) is -2.50. The van der Waals surface area contributed by atoms with Crippen LogP contribution in [0.3, 0.4) is 0 Å². The first-order valence-corrected chi connectivity index (χ1v) is 4.49. The van der Waals surface area contributed by atoms with Gasteiger partial charge in [0.05, 0.1) is 0 Å². The number of urea groups is 3. The first-order valence-electron chi connectivity index (χ1n) is 4.49. The lowest BCUT2D eigenvalue weighted by molar-refractivity contribution is 0.204. The lowest BCUT2D eigenvalue weighted by Gasteiger charge is -1.62. The van der Waals surface area contributed by atoms with Crippen LogP contribution in [0.5, 0.6) is 0 Å². The van der Waals surface area contributed by atoms with E-state index in [9.17, 15) is 0 Å². The largest absolute Gasteiger partial charge is 0.465 e. The summed E-state index contributed by atoms with van der Waals surface area (Å²) in [6.45, 7) is 0. The maximum Gasteiger partial charge on any atom is 0.402 e. The van der Waals surface area contributed by atoms with Gasteiger partial charge in [-0.3, -0.25) is 0 Å². The van der Waals surface area contributed by atoms with Gasteiger partial charge in [0.1, 0.15) is 0 Å². The van der Waals surface area contributed by atoms with Gasteiger partial charge in [0.25, 0.3) is 0 Å². The van der Waals surface area contributed by atoms with Crippen molar-refractivity contribution in [1.29, 1.82) is 0 Å². The van der Waals surface area contributed by atoms with E-state index in [1.165, 1.54) is 0 Å². The highest BCUT2D eigenvalue weighted by Gasteiger charge is 1.66. The number of primary amides is 9. The predicted octanol–water partition coefficient (Wildman–Crippen LogP) is -4.06. The summed E-state index contributed by atoms with van der Waals surface area (Å²) in [5.41, 5.74) is 37.6. The van der Waals surface area contributed by atoms with Crippen molar-refractivity contribution in [1.82, 2.24) is 0 Å². The summed E-state index contributed by atoms with van der Waals surface area (Å²) in [7, 11) is 0. The van der Waals surface area contributed by atoms with Crippen molar-refractivity contribution < 1.29 is 44.1 Å². The maximum atomic E-state index is 9.00. The van der Waals surface area contributed by atoms with Crippen LogP contribution in [0.1, 0.15) is 0 Å². The summed E-state index contributed by atoms with van der Waals surface area (Å²) >= 11 is 0. The molecule has 0 atom stereocenters. The van der Waals surface area contributed by atoms with E-state index in [-0.39, 0.29) is 0 Å². The van der Waals surface area contributed by atoms with Gasteiger partial charge in [0.15, 0.2) is 0 Å². The number of carbonyl (C=O) groups is 6. The van der Waals surface area contributed by atoms with Gasteiger partial charge in [-0.1, -0.05) is 0 Å². The third-order valence-electron chi connectivity index (χ3n) is 0. The zero-order valence-corrected chi connectivity index (χ0v) is 12.0. The molecular weight excluding hydrogens is 342 g/mol. The second-order valence-corrected chi connectivity index (χ2v) is 2.22. The Kier molecular flexibility index (Phi) is 47.6. The molecule has 0 heterocycles. The van der Waals surface area contributed by atoms with Gasteiger partial charge in [-0.2, -0.15) is 0 Å². The Morgan fingerprint density at radius 1 is 0.375 bits per heavy atom. The molecular formula is C6H21N9O9. The number of rotatable bonds is 0. The van der Waals surface area contributed by atoms with E-state index in [1.54, 1.807) is 0 Å². The Hall–Kier alpha value is -4.38. The zero-order valence-electron chi connectivity index (χ0n) is 12.0. The molecule has 0 saturated heterocycles. The molecule has 21 N–H and O–H groups in total. The highest BCUT2D eigenvalue weighted by atomic mass is 16.4. The molecule has 0 rings (SSSR count). The first kappa shape index (κ1) is 36.7. The Morgan fingerprint density at radius 3 is 0.375 bits per heavy atom. The van der Waals surface area contributed by atoms with Crippen LogP contribution in [-0.4, -0.2) is 51.7 Å². The van der Waals surface area contributed by atoms with Gasteiger partial charge in [-0.15, -0.1) is 0 Å². The Bertz CT molecular complexity index is 269. The predicted molar refractivity (Wildman–Crippen MR) is 77.9 cm³/mol. The van der Waals surface area contributed by atoms with Crippen molar-refractivity contribution in [2.45, 2.75) is 0 Å². The van der Waals surface area contributed by atoms with Crippen molar-refractivity contribution in [3.63, 3.8) is 0 Å². The van der Waals surface area contributed by atoms with E-state index in [4.69, 9.17) is 44.1 Å². The van der Waals surface area contributed by atoms with Crippen molar-refractivity contribution in [3.8, 4) is 0 Å². The number of carbonyl (C=O) groups excluding carboxylic acids is 3. The van der Waals surface area contributed by atoms with Crippen LogP contribution in [0.4, 0.5) is 28.8 Å².